The van der Waals surface area contributed by atoms with Gasteiger partial charge < -0.3 is 15.5 Å². The van der Waals surface area contributed by atoms with E-state index in [4.69, 9.17) is 9.97 Å². The van der Waals surface area contributed by atoms with Crippen LogP contribution in [0.15, 0.2) is 36.0 Å². The van der Waals surface area contributed by atoms with Gasteiger partial charge in [-0.3, -0.25) is 4.79 Å². The number of aryl methyl sites for hydroxylation is 1. The molecule has 0 unspecified atom stereocenters. The molecule has 5 rings (SSSR count). The fourth-order valence-electron chi connectivity index (χ4n) is 3.96. The number of aromatic nitrogens is 4. The number of pyridine rings is 1. The van der Waals surface area contributed by atoms with Crippen LogP contribution in [0.4, 0.5) is 22.7 Å². The largest absolute Gasteiger partial charge is 0.329 e. The summed E-state index contributed by atoms with van der Waals surface area (Å²) in [5.41, 5.74) is 2.22. The summed E-state index contributed by atoms with van der Waals surface area (Å²) in [5.74, 6) is 2.11. The number of nitrogens with one attached hydrogen (secondary N) is 2. The average molecular weight is 408 g/mol. The Bertz CT molecular complexity index is 1010. The molecule has 0 bridgehead atoms. The van der Waals surface area contributed by atoms with Crippen LogP contribution in [0.5, 0.6) is 0 Å². The van der Waals surface area contributed by atoms with Crippen molar-refractivity contribution < 1.29 is 4.79 Å². The van der Waals surface area contributed by atoms with Crippen molar-refractivity contribution >= 4 is 40.0 Å². The molecule has 8 nitrogen and oxygen atoms in total. The Hall–Kier alpha value is -3.07. The zero-order valence-electron chi connectivity index (χ0n) is 15.8. The van der Waals surface area contributed by atoms with E-state index in [1.807, 2.05) is 28.5 Å². The van der Waals surface area contributed by atoms with Gasteiger partial charge in [-0.25, -0.2) is 15.0 Å². The minimum absolute atomic E-state index is 0.0548. The first-order valence-corrected chi connectivity index (χ1v) is 10.7. The first kappa shape index (κ1) is 18.0. The summed E-state index contributed by atoms with van der Waals surface area (Å²) < 4.78 is 0. The third-order valence-corrected chi connectivity index (χ3v) is 6.00. The minimum atomic E-state index is -0.291. The molecule has 2 aliphatic rings. The molecule has 3 aromatic rings. The number of nitrogens with zero attached hydrogens (tertiary/aromatic N) is 5. The molecule has 0 saturated carbocycles. The third kappa shape index (κ3) is 3.65. The normalized spacial score (nSPS) is 17.9. The van der Waals surface area contributed by atoms with Crippen molar-refractivity contribution in [2.45, 2.75) is 38.1 Å². The van der Waals surface area contributed by atoms with Crippen LogP contribution in [-0.2, 0) is 17.6 Å². The van der Waals surface area contributed by atoms with Crippen molar-refractivity contribution in [3.63, 3.8) is 0 Å². The van der Waals surface area contributed by atoms with E-state index in [0.29, 0.717) is 11.1 Å². The molecule has 1 fully saturated rings. The smallest absolute Gasteiger partial charge is 0.248 e. The second-order valence-electron chi connectivity index (χ2n) is 7.17. The van der Waals surface area contributed by atoms with Crippen LogP contribution in [0, 0.1) is 0 Å². The molecule has 29 heavy (non-hydrogen) atoms. The number of hydrogen-bond donors (Lipinski definition) is 2. The Morgan fingerprint density at radius 1 is 1.14 bits per heavy atom. The summed E-state index contributed by atoms with van der Waals surface area (Å²) >= 11 is 1.42. The van der Waals surface area contributed by atoms with E-state index < -0.39 is 0 Å². The van der Waals surface area contributed by atoms with Gasteiger partial charge in [0, 0.05) is 29.9 Å². The van der Waals surface area contributed by atoms with Gasteiger partial charge in [0.15, 0.2) is 5.13 Å². The Balaban J connectivity index is 1.44. The minimum Gasteiger partial charge on any atom is -0.329 e. The molecule has 1 aliphatic carbocycles. The molecule has 148 valence electrons. The van der Waals surface area contributed by atoms with Crippen molar-refractivity contribution in [2.75, 3.05) is 22.1 Å². The topological polar surface area (TPSA) is 95.9 Å². The number of thiazole rings is 1. The highest BCUT2D eigenvalue weighted by Crippen LogP contribution is 2.32. The summed E-state index contributed by atoms with van der Waals surface area (Å²) in [6.07, 6.45) is 8.11. The number of carbonyl (C=O) groups excluding carboxylic acids is 1. The lowest BCUT2D eigenvalue weighted by Crippen LogP contribution is -2.40. The van der Waals surface area contributed by atoms with Crippen molar-refractivity contribution in [2.24, 2.45) is 0 Å². The molecule has 4 heterocycles. The van der Waals surface area contributed by atoms with Crippen LogP contribution in [0.25, 0.3) is 0 Å². The van der Waals surface area contributed by atoms with Crippen molar-refractivity contribution in [1.82, 2.24) is 19.9 Å². The second kappa shape index (κ2) is 7.75. The molecule has 0 aromatic carbocycles. The number of amides is 1. The van der Waals surface area contributed by atoms with E-state index in [9.17, 15) is 4.79 Å². The van der Waals surface area contributed by atoms with Crippen LogP contribution < -0.4 is 15.5 Å². The monoisotopic (exact) mass is 407 g/mol. The molecule has 0 spiro atoms. The van der Waals surface area contributed by atoms with Gasteiger partial charge >= 0.3 is 0 Å². The maximum absolute atomic E-state index is 12.8. The number of fused-ring (bicyclic) bond motifs is 1. The van der Waals surface area contributed by atoms with E-state index in [2.05, 4.69) is 20.6 Å². The van der Waals surface area contributed by atoms with Crippen LogP contribution in [0.2, 0.25) is 0 Å². The molecule has 3 aromatic heterocycles. The van der Waals surface area contributed by atoms with Crippen LogP contribution in [-0.4, -0.2) is 38.4 Å². The van der Waals surface area contributed by atoms with Gasteiger partial charge in [0.05, 0.1) is 5.69 Å². The highest BCUT2D eigenvalue weighted by molar-refractivity contribution is 7.13. The van der Waals surface area contributed by atoms with Gasteiger partial charge in [-0.2, -0.15) is 4.98 Å². The van der Waals surface area contributed by atoms with Crippen LogP contribution >= 0.6 is 11.3 Å². The average Bonchev–Trinajstić information content (AvgIpc) is 3.49. The first-order valence-electron chi connectivity index (χ1n) is 9.83. The summed E-state index contributed by atoms with van der Waals surface area (Å²) in [6.45, 7) is 0.762. The maximum Gasteiger partial charge on any atom is 0.248 e. The van der Waals surface area contributed by atoms with Crippen molar-refractivity contribution in [3.8, 4) is 0 Å². The lowest BCUT2D eigenvalue weighted by atomic mass is 10.2. The second-order valence-corrected chi connectivity index (χ2v) is 8.06. The van der Waals surface area contributed by atoms with Gasteiger partial charge in [-0.15, -0.1) is 11.3 Å². The Labute approximate surface area is 172 Å². The number of carbonyl (C=O) groups is 1. The fraction of sp³-hybridized carbons (Fsp3) is 0.350. The van der Waals surface area contributed by atoms with Gasteiger partial charge in [-0.1, -0.05) is 6.07 Å². The highest BCUT2D eigenvalue weighted by atomic mass is 32.1. The zero-order valence-corrected chi connectivity index (χ0v) is 16.7. The molecule has 1 atom stereocenters. The molecule has 2 N–H and O–H groups in total. The number of anilines is 4. The molecule has 0 radical (unpaired) electrons. The summed E-state index contributed by atoms with van der Waals surface area (Å²) in [6, 6.07) is 5.46. The Morgan fingerprint density at radius 2 is 2.10 bits per heavy atom. The lowest BCUT2D eigenvalue weighted by Gasteiger charge is -2.24. The first-order chi connectivity index (χ1) is 14.3. The molecule has 1 saturated heterocycles. The van der Waals surface area contributed by atoms with Crippen molar-refractivity contribution in [1.29, 1.82) is 0 Å². The predicted octanol–water partition coefficient (Wildman–Crippen LogP) is 3.17. The van der Waals surface area contributed by atoms with E-state index in [-0.39, 0.29) is 11.9 Å². The predicted molar refractivity (Wildman–Crippen MR) is 113 cm³/mol. The van der Waals surface area contributed by atoms with Crippen LogP contribution in [0.3, 0.4) is 0 Å². The van der Waals surface area contributed by atoms with Gasteiger partial charge in [-0.05, 0) is 44.2 Å². The van der Waals surface area contributed by atoms with E-state index in [1.54, 1.807) is 12.4 Å². The standard InChI is InChI=1S/C20H21N7OS/c28-18(26-20-22-10-12-29-20)15-7-4-11-27(15)19-23-14-6-3-5-13(14)17(25-19)24-16-8-1-2-9-21-16/h1-2,8-10,12,15H,3-7,11H2,(H,22,26,28)(H,21,23,24,25)/t15-/m0/s1. The Kier molecular flexibility index (Phi) is 4.81. The van der Waals surface area contributed by atoms with Gasteiger partial charge in [0.1, 0.15) is 17.7 Å². The maximum atomic E-state index is 12.8. The van der Waals surface area contributed by atoms with Gasteiger partial charge in [0.2, 0.25) is 11.9 Å². The quantitative estimate of drug-likeness (QED) is 0.671. The van der Waals surface area contributed by atoms with Crippen LogP contribution in [0.1, 0.15) is 30.5 Å². The molecule has 1 aliphatic heterocycles. The van der Waals surface area contributed by atoms with Crippen molar-refractivity contribution in [3.05, 3.63) is 47.2 Å². The van der Waals surface area contributed by atoms with E-state index in [0.717, 1.165) is 61.5 Å². The summed E-state index contributed by atoms with van der Waals surface area (Å²) in [4.78, 5) is 33.0. The molecule has 9 heteroatoms. The third-order valence-electron chi connectivity index (χ3n) is 5.31. The number of rotatable bonds is 5. The summed E-state index contributed by atoms with van der Waals surface area (Å²) in [5, 5.41) is 8.73. The van der Waals surface area contributed by atoms with E-state index >= 15 is 0 Å². The molecular weight excluding hydrogens is 386 g/mol. The molecular formula is C20H21N7OS. The van der Waals surface area contributed by atoms with E-state index in [1.165, 1.54) is 11.3 Å². The SMILES string of the molecule is O=C(Nc1nccs1)[C@@H]1CCCN1c1nc2c(c(Nc3ccccn3)n1)CCC2. The summed E-state index contributed by atoms with van der Waals surface area (Å²) in [7, 11) is 0. The Morgan fingerprint density at radius 3 is 2.93 bits per heavy atom. The highest BCUT2D eigenvalue weighted by Gasteiger charge is 2.34. The number of hydrogen-bond acceptors (Lipinski definition) is 8. The van der Waals surface area contributed by atoms with Gasteiger partial charge in [0.25, 0.3) is 0 Å². The zero-order chi connectivity index (χ0) is 19.6. The fourth-order valence-corrected chi connectivity index (χ4v) is 4.49. The molecule has 1 amide bonds. The lowest BCUT2D eigenvalue weighted by molar-refractivity contribution is -0.117.